The molecule has 2 aromatic rings. The fourth-order valence-electron chi connectivity index (χ4n) is 3.36. The zero-order valence-corrected chi connectivity index (χ0v) is 14.1. The summed E-state index contributed by atoms with van der Waals surface area (Å²) in [5.74, 6) is -1.27. The second-order valence-electron chi connectivity index (χ2n) is 6.20. The minimum absolute atomic E-state index is 0.202. The van der Waals surface area contributed by atoms with Gasteiger partial charge in [0.15, 0.2) is 11.6 Å². The molecular formula is C19H21FN2O3. The van der Waals surface area contributed by atoms with Crippen molar-refractivity contribution in [3.05, 3.63) is 59.7 Å². The SMILES string of the molecule is COc1ccc(C(c2ccccn2)N2CCC(C(=O)O)CC2)cc1F. The summed E-state index contributed by atoms with van der Waals surface area (Å²) in [6.45, 7) is 1.26. The van der Waals surface area contributed by atoms with Gasteiger partial charge >= 0.3 is 5.97 Å². The third kappa shape index (κ3) is 3.79. The predicted molar refractivity (Wildman–Crippen MR) is 91.0 cm³/mol. The number of aromatic nitrogens is 1. The van der Waals surface area contributed by atoms with Gasteiger partial charge in [0.25, 0.3) is 0 Å². The number of carbonyl (C=O) groups is 1. The van der Waals surface area contributed by atoms with Gasteiger partial charge in [-0.3, -0.25) is 14.7 Å². The summed E-state index contributed by atoms with van der Waals surface area (Å²) in [5, 5.41) is 9.20. The minimum atomic E-state index is -0.746. The van der Waals surface area contributed by atoms with Crippen molar-refractivity contribution in [2.45, 2.75) is 18.9 Å². The van der Waals surface area contributed by atoms with Crippen LogP contribution in [0.1, 0.15) is 30.1 Å². The predicted octanol–water partition coefficient (Wildman–Crippen LogP) is 3.12. The third-order valence-corrected chi connectivity index (χ3v) is 4.70. The summed E-state index contributed by atoms with van der Waals surface area (Å²) in [7, 11) is 1.44. The van der Waals surface area contributed by atoms with Crippen LogP contribution in [0.5, 0.6) is 5.75 Å². The largest absolute Gasteiger partial charge is 0.494 e. The molecule has 0 bridgehead atoms. The molecule has 1 N–H and O–H groups in total. The van der Waals surface area contributed by atoms with E-state index < -0.39 is 11.8 Å². The molecule has 2 heterocycles. The molecule has 1 aliphatic heterocycles. The van der Waals surface area contributed by atoms with Gasteiger partial charge < -0.3 is 9.84 Å². The number of nitrogens with zero attached hydrogens (tertiary/aromatic N) is 2. The lowest BCUT2D eigenvalue weighted by molar-refractivity contribution is -0.143. The fourth-order valence-corrected chi connectivity index (χ4v) is 3.36. The van der Waals surface area contributed by atoms with Crippen molar-refractivity contribution < 1.29 is 19.0 Å². The van der Waals surface area contributed by atoms with E-state index in [2.05, 4.69) is 9.88 Å². The Balaban J connectivity index is 1.92. The molecule has 25 heavy (non-hydrogen) atoms. The molecule has 6 heteroatoms. The van der Waals surface area contributed by atoms with Crippen LogP contribution in [0.15, 0.2) is 42.6 Å². The second-order valence-corrected chi connectivity index (χ2v) is 6.20. The number of piperidine rings is 1. The van der Waals surface area contributed by atoms with E-state index in [1.165, 1.54) is 13.2 Å². The van der Waals surface area contributed by atoms with E-state index in [1.54, 1.807) is 12.3 Å². The number of carboxylic acid groups (broad SMARTS) is 1. The van der Waals surface area contributed by atoms with E-state index >= 15 is 0 Å². The van der Waals surface area contributed by atoms with E-state index in [9.17, 15) is 14.3 Å². The van der Waals surface area contributed by atoms with Crippen LogP contribution in [-0.4, -0.2) is 41.2 Å². The van der Waals surface area contributed by atoms with Crippen LogP contribution < -0.4 is 4.74 Å². The normalized spacial score (nSPS) is 17.2. The number of aliphatic carboxylic acids is 1. The summed E-state index contributed by atoms with van der Waals surface area (Å²) in [4.78, 5) is 17.8. The van der Waals surface area contributed by atoms with Gasteiger partial charge in [0, 0.05) is 6.20 Å². The number of benzene rings is 1. The number of methoxy groups -OCH3 is 1. The summed E-state index contributed by atoms with van der Waals surface area (Å²) < 4.78 is 19.2. The monoisotopic (exact) mass is 344 g/mol. The Morgan fingerprint density at radius 1 is 1.32 bits per heavy atom. The highest BCUT2D eigenvalue weighted by atomic mass is 19.1. The summed E-state index contributed by atoms with van der Waals surface area (Å²) >= 11 is 0. The molecule has 5 nitrogen and oxygen atoms in total. The van der Waals surface area contributed by atoms with Crippen LogP contribution >= 0.6 is 0 Å². The number of hydrogen-bond donors (Lipinski definition) is 1. The van der Waals surface area contributed by atoms with E-state index in [4.69, 9.17) is 4.74 Å². The van der Waals surface area contributed by atoms with Crippen molar-refractivity contribution in [3.8, 4) is 5.75 Å². The first-order valence-electron chi connectivity index (χ1n) is 8.31. The smallest absolute Gasteiger partial charge is 0.306 e. The molecule has 0 radical (unpaired) electrons. The molecule has 132 valence electrons. The van der Waals surface area contributed by atoms with Crippen molar-refractivity contribution in [2.24, 2.45) is 5.92 Å². The number of hydrogen-bond acceptors (Lipinski definition) is 4. The molecule has 1 atom stereocenters. The van der Waals surface area contributed by atoms with Crippen LogP contribution in [0, 0.1) is 11.7 Å². The maximum atomic E-state index is 14.2. The maximum absolute atomic E-state index is 14.2. The number of likely N-dealkylation sites (tertiary alicyclic amines) is 1. The van der Waals surface area contributed by atoms with Crippen LogP contribution in [0.25, 0.3) is 0 Å². The lowest BCUT2D eigenvalue weighted by Gasteiger charge is -2.36. The number of rotatable bonds is 5. The molecule has 1 unspecified atom stereocenters. The average Bonchev–Trinajstić information content (AvgIpc) is 2.63. The molecule has 0 amide bonds. The fraction of sp³-hybridized carbons (Fsp3) is 0.368. The first-order chi connectivity index (χ1) is 12.1. The Hall–Kier alpha value is -2.47. The maximum Gasteiger partial charge on any atom is 0.306 e. The van der Waals surface area contributed by atoms with Crippen molar-refractivity contribution in [2.75, 3.05) is 20.2 Å². The van der Waals surface area contributed by atoms with Crippen molar-refractivity contribution in [1.29, 1.82) is 0 Å². The van der Waals surface area contributed by atoms with Gasteiger partial charge in [-0.15, -0.1) is 0 Å². The summed E-state index contributed by atoms with van der Waals surface area (Å²) in [5.41, 5.74) is 1.60. The van der Waals surface area contributed by atoms with Crippen molar-refractivity contribution in [3.63, 3.8) is 0 Å². The zero-order valence-electron chi connectivity index (χ0n) is 14.1. The van der Waals surface area contributed by atoms with Gasteiger partial charge in [-0.25, -0.2) is 4.39 Å². The van der Waals surface area contributed by atoms with Gasteiger partial charge in [-0.2, -0.15) is 0 Å². The van der Waals surface area contributed by atoms with Crippen LogP contribution in [0.4, 0.5) is 4.39 Å². The van der Waals surface area contributed by atoms with E-state index in [0.717, 1.165) is 11.3 Å². The lowest BCUT2D eigenvalue weighted by Crippen LogP contribution is -2.39. The standard InChI is InChI=1S/C19H21FN2O3/c1-25-17-6-5-14(12-15(17)20)18(16-4-2-3-9-21-16)22-10-7-13(8-11-22)19(23)24/h2-6,9,12-13,18H,7-8,10-11H2,1H3,(H,23,24). The van der Waals surface area contributed by atoms with Crippen LogP contribution in [-0.2, 0) is 4.79 Å². The highest BCUT2D eigenvalue weighted by Gasteiger charge is 2.31. The van der Waals surface area contributed by atoms with Gasteiger partial charge in [0.2, 0.25) is 0 Å². The topological polar surface area (TPSA) is 62.7 Å². The molecule has 1 fully saturated rings. The van der Waals surface area contributed by atoms with Crippen LogP contribution in [0.3, 0.4) is 0 Å². The second kappa shape index (κ2) is 7.61. The minimum Gasteiger partial charge on any atom is -0.494 e. The molecule has 0 aliphatic carbocycles. The highest BCUT2D eigenvalue weighted by Crippen LogP contribution is 2.33. The molecule has 1 saturated heterocycles. The first-order valence-corrected chi connectivity index (χ1v) is 8.31. The molecule has 0 spiro atoms. The Morgan fingerprint density at radius 2 is 2.08 bits per heavy atom. The number of carboxylic acids is 1. The number of halogens is 1. The highest BCUT2D eigenvalue weighted by molar-refractivity contribution is 5.70. The Labute approximate surface area is 146 Å². The average molecular weight is 344 g/mol. The van der Waals surface area contributed by atoms with Gasteiger partial charge in [-0.05, 0) is 55.8 Å². The molecule has 1 aromatic carbocycles. The van der Waals surface area contributed by atoms with Gasteiger partial charge in [0.05, 0.1) is 24.8 Å². The molecule has 3 rings (SSSR count). The van der Waals surface area contributed by atoms with Gasteiger partial charge in [0.1, 0.15) is 0 Å². The molecule has 1 aliphatic rings. The third-order valence-electron chi connectivity index (χ3n) is 4.70. The Morgan fingerprint density at radius 3 is 2.64 bits per heavy atom. The Bertz CT molecular complexity index is 731. The molecule has 0 saturated carbocycles. The number of pyridine rings is 1. The quantitative estimate of drug-likeness (QED) is 0.903. The zero-order chi connectivity index (χ0) is 17.8. The van der Waals surface area contributed by atoms with E-state index in [-0.39, 0.29) is 17.7 Å². The van der Waals surface area contributed by atoms with Crippen molar-refractivity contribution in [1.82, 2.24) is 9.88 Å². The van der Waals surface area contributed by atoms with E-state index in [1.807, 2.05) is 24.3 Å². The molecule has 1 aromatic heterocycles. The van der Waals surface area contributed by atoms with Crippen LogP contribution in [0.2, 0.25) is 0 Å². The van der Waals surface area contributed by atoms with Crippen molar-refractivity contribution >= 4 is 5.97 Å². The van der Waals surface area contributed by atoms with Gasteiger partial charge in [-0.1, -0.05) is 12.1 Å². The molecular weight excluding hydrogens is 323 g/mol. The lowest BCUT2D eigenvalue weighted by atomic mass is 9.93. The summed E-state index contributed by atoms with van der Waals surface area (Å²) in [6.07, 6.45) is 2.88. The summed E-state index contributed by atoms with van der Waals surface area (Å²) in [6, 6.07) is 10.4. The number of ether oxygens (including phenoxy) is 1. The van der Waals surface area contributed by atoms with E-state index in [0.29, 0.717) is 25.9 Å². The first kappa shape index (κ1) is 17.4. The Kier molecular flexibility index (Phi) is 5.28.